The molecule has 1 atom stereocenters. The number of unbranched alkanes of at least 4 members (excludes halogenated alkanes) is 22. The first-order valence-corrected chi connectivity index (χ1v) is 32.1. The molecular weight excluding hydrogens is 717 g/mol. The Morgan fingerprint density at radius 2 is 0.963 bits per heavy atom. The van der Waals surface area contributed by atoms with Gasteiger partial charge in [-0.1, -0.05) is 179 Å². The highest BCUT2D eigenvalue weighted by atomic mass is 28.5. The molecule has 9 heteroatoms. The zero-order valence-electron chi connectivity index (χ0n) is 36.9. The quantitative estimate of drug-likeness (QED) is 0.0523. The number of hydrogen-bond acceptors (Lipinski definition) is 4. The molecule has 0 fully saturated rings. The lowest BCUT2D eigenvalue weighted by molar-refractivity contribution is -0.129. The molecule has 54 heavy (non-hydrogen) atoms. The van der Waals surface area contributed by atoms with Crippen molar-refractivity contribution in [1.82, 2.24) is 10.6 Å². The summed E-state index contributed by atoms with van der Waals surface area (Å²) >= 11 is 0. The monoisotopic (exact) mass is 805 g/mol. The first-order chi connectivity index (χ1) is 25.7. The number of amides is 2. The predicted octanol–water partition coefficient (Wildman–Crippen LogP) is 13.4. The molecule has 314 valence electrons. The topological polar surface area (TPSA) is 76.7 Å². The molecule has 0 aliphatic heterocycles. The van der Waals surface area contributed by atoms with Crippen LogP contribution in [0.3, 0.4) is 0 Å². The zero-order chi connectivity index (χ0) is 40.0. The van der Waals surface area contributed by atoms with Gasteiger partial charge >= 0.3 is 8.56 Å². The van der Waals surface area contributed by atoms with Crippen LogP contribution >= 0.6 is 0 Å². The average molecular weight is 805 g/mol. The first kappa shape index (κ1) is 50.7. The second-order valence-electron chi connectivity index (χ2n) is 18.3. The predicted molar refractivity (Wildman–Crippen MR) is 241 cm³/mol. The molecule has 1 aromatic rings. The molecule has 0 bridgehead atoms. The lowest BCUT2D eigenvalue weighted by atomic mass is 10.0. The Morgan fingerprint density at radius 1 is 0.556 bits per heavy atom. The summed E-state index contributed by atoms with van der Waals surface area (Å²) in [6.07, 6.45) is 31.6. The van der Waals surface area contributed by atoms with Gasteiger partial charge in [0.05, 0.1) is 0 Å². The standard InChI is InChI=1S/C45H88N2O4Si3/c1-9-10-11-12-13-14-15-16-17-18-19-20-22-25-28-34-39-46-45(49)43(41-42-36-31-30-32-37-42)47-44(48)38-33-27-24-21-23-26-29-35-40-54(8,50-52(2,3)4)51-53(5,6)7/h30-32,36-37,43H,9-29,33-35,38-41H2,1-8H3,(H,46,49)(H,47,48)/t43-/m0/s1. The minimum atomic E-state index is -2.12. The third-order valence-corrected chi connectivity index (χ3v) is 19.7. The maximum absolute atomic E-state index is 13.2. The maximum Gasteiger partial charge on any atom is 0.314 e. The summed E-state index contributed by atoms with van der Waals surface area (Å²) in [7, 11) is -5.40. The number of carbonyl (C=O) groups excluding carboxylic acids is 2. The van der Waals surface area contributed by atoms with Crippen molar-refractivity contribution < 1.29 is 17.8 Å². The molecule has 0 saturated carbocycles. The number of hydrogen-bond donors (Lipinski definition) is 2. The Balaban J connectivity index is 2.22. The van der Waals surface area contributed by atoms with Crippen LogP contribution in [0.1, 0.15) is 173 Å². The van der Waals surface area contributed by atoms with Gasteiger partial charge in [0.2, 0.25) is 11.8 Å². The number of rotatable bonds is 36. The molecule has 0 spiro atoms. The summed E-state index contributed by atoms with van der Waals surface area (Å²) < 4.78 is 13.3. The van der Waals surface area contributed by atoms with Crippen LogP contribution in [0.25, 0.3) is 0 Å². The van der Waals surface area contributed by atoms with Crippen LogP contribution in [-0.4, -0.2) is 49.6 Å². The maximum atomic E-state index is 13.2. The van der Waals surface area contributed by atoms with Gasteiger partial charge in [-0.05, 0) is 70.3 Å². The van der Waals surface area contributed by atoms with Crippen molar-refractivity contribution in [3.05, 3.63) is 35.9 Å². The third-order valence-electron chi connectivity index (χ3n) is 10.1. The molecule has 2 N–H and O–H groups in total. The van der Waals surface area contributed by atoms with Crippen LogP contribution in [0.15, 0.2) is 30.3 Å². The van der Waals surface area contributed by atoms with Gasteiger partial charge in [-0.3, -0.25) is 9.59 Å². The highest BCUT2D eigenvalue weighted by Gasteiger charge is 2.39. The fraction of sp³-hybridized carbons (Fsp3) is 0.822. The van der Waals surface area contributed by atoms with Gasteiger partial charge in [0.15, 0.2) is 16.6 Å². The van der Waals surface area contributed by atoms with E-state index >= 15 is 0 Å². The fourth-order valence-electron chi connectivity index (χ4n) is 7.54. The molecule has 1 aromatic carbocycles. The van der Waals surface area contributed by atoms with Crippen LogP contribution in [0, 0.1) is 0 Å². The second-order valence-corrected chi connectivity index (χ2v) is 31.1. The Morgan fingerprint density at radius 3 is 1.41 bits per heavy atom. The average Bonchev–Trinajstić information content (AvgIpc) is 3.08. The number of benzene rings is 1. The third kappa shape index (κ3) is 30.9. The van der Waals surface area contributed by atoms with Crippen molar-refractivity contribution in [2.75, 3.05) is 6.54 Å². The normalized spacial score (nSPS) is 12.9. The van der Waals surface area contributed by atoms with E-state index in [0.717, 1.165) is 43.7 Å². The van der Waals surface area contributed by atoms with E-state index < -0.39 is 31.2 Å². The summed E-state index contributed by atoms with van der Waals surface area (Å²) in [5.41, 5.74) is 1.07. The zero-order valence-corrected chi connectivity index (χ0v) is 39.9. The molecule has 0 aliphatic carbocycles. The molecule has 6 nitrogen and oxygen atoms in total. The van der Waals surface area contributed by atoms with E-state index in [0.29, 0.717) is 19.4 Å². The largest absolute Gasteiger partial charge is 0.437 e. The highest BCUT2D eigenvalue weighted by Crippen LogP contribution is 2.27. The van der Waals surface area contributed by atoms with Crippen molar-refractivity contribution in [1.29, 1.82) is 0 Å². The van der Waals surface area contributed by atoms with Gasteiger partial charge in [-0.15, -0.1) is 0 Å². The Kier molecular flexibility index (Phi) is 29.0. The Bertz CT molecular complexity index is 1050. The van der Waals surface area contributed by atoms with Crippen LogP contribution < -0.4 is 10.6 Å². The van der Waals surface area contributed by atoms with Gasteiger partial charge in [-0.25, -0.2) is 0 Å². The van der Waals surface area contributed by atoms with E-state index in [4.69, 9.17) is 8.23 Å². The molecular formula is C45H88N2O4Si3. The number of nitrogens with one attached hydrogen (secondary N) is 2. The minimum Gasteiger partial charge on any atom is -0.437 e. The van der Waals surface area contributed by atoms with Gasteiger partial charge in [-0.2, -0.15) is 0 Å². The van der Waals surface area contributed by atoms with E-state index in [1.54, 1.807) is 0 Å². The van der Waals surface area contributed by atoms with Crippen LogP contribution in [-0.2, 0) is 24.2 Å². The van der Waals surface area contributed by atoms with Gasteiger partial charge < -0.3 is 18.9 Å². The summed E-state index contributed by atoms with van der Waals surface area (Å²) in [5.74, 6) is -0.0722. The number of carbonyl (C=O) groups is 2. The molecule has 0 heterocycles. The summed E-state index contributed by atoms with van der Waals surface area (Å²) in [6.45, 7) is 18.9. The summed E-state index contributed by atoms with van der Waals surface area (Å²) in [5, 5.41) is 6.20. The van der Waals surface area contributed by atoms with E-state index in [-0.39, 0.29) is 11.8 Å². The van der Waals surface area contributed by atoms with Crippen molar-refractivity contribution in [2.24, 2.45) is 0 Å². The molecule has 0 saturated heterocycles. The van der Waals surface area contributed by atoms with Crippen molar-refractivity contribution in [3.63, 3.8) is 0 Å². The Hall–Kier alpha value is -1.27. The summed E-state index contributed by atoms with van der Waals surface area (Å²) in [6, 6.07) is 10.6. The molecule has 2 amide bonds. The summed E-state index contributed by atoms with van der Waals surface area (Å²) in [4.78, 5) is 26.1. The van der Waals surface area contributed by atoms with Crippen molar-refractivity contribution >= 4 is 37.0 Å². The van der Waals surface area contributed by atoms with E-state index in [2.05, 4.69) is 63.4 Å². The molecule has 0 aliphatic rings. The van der Waals surface area contributed by atoms with Gasteiger partial charge in [0, 0.05) is 19.4 Å². The van der Waals surface area contributed by atoms with Gasteiger partial charge in [0.25, 0.3) is 0 Å². The van der Waals surface area contributed by atoms with Crippen LogP contribution in [0.5, 0.6) is 0 Å². The first-order valence-electron chi connectivity index (χ1n) is 22.7. The molecule has 0 radical (unpaired) electrons. The molecule has 1 rings (SSSR count). The van der Waals surface area contributed by atoms with E-state index in [1.807, 2.05) is 30.3 Å². The molecule has 0 unspecified atom stereocenters. The SMILES string of the molecule is CCCCCCCCCCCCCCCCCCNC(=O)[C@H](Cc1ccccc1)NC(=O)CCCCCCCCCC[Si](C)(O[Si](C)(C)C)O[Si](C)(C)C. The lowest BCUT2D eigenvalue weighted by Crippen LogP contribution is -2.52. The Labute approximate surface area is 338 Å². The highest BCUT2D eigenvalue weighted by molar-refractivity contribution is 6.87. The fourth-order valence-corrected chi connectivity index (χ4v) is 20.2. The minimum absolute atomic E-state index is 0.0122. The van der Waals surface area contributed by atoms with E-state index in [1.165, 1.54) is 122 Å². The smallest absolute Gasteiger partial charge is 0.314 e. The molecule has 0 aromatic heterocycles. The van der Waals surface area contributed by atoms with Crippen LogP contribution in [0.4, 0.5) is 0 Å². The van der Waals surface area contributed by atoms with Crippen LogP contribution in [0.2, 0.25) is 51.9 Å². The lowest BCUT2D eigenvalue weighted by Gasteiger charge is -2.38. The van der Waals surface area contributed by atoms with E-state index in [9.17, 15) is 9.59 Å². The van der Waals surface area contributed by atoms with Crippen molar-refractivity contribution in [3.8, 4) is 0 Å². The second kappa shape index (κ2) is 30.8. The van der Waals surface area contributed by atoms with Crippen molar-refractivity contribution in [2.45, 2.75) is 232 Å². The van der Waals surface area contributed by atoms with Gasteiger partial charge in [0.1, 0.15) is 6.04 Å².